The minimum absolute atomic E-state index is 0.140. The minimum atomic E-state index is -2.16. The van der Waals surface area contributed by atoms with Crippen LogP contribution >= 0.6 is 34.8 Å². The summed E-state index contributed by atoms with van der Waals surface area (Å²) in [4.78, 5) is 11.7. The van der Waals surface area contributed by atoms with Crippen molar-refractivity contribution in [2.24, 2.45) is 0 Å². The highest BCUT2D eigenvalue weighted by Crippen LogP contribution is 2.26. The van der Waals surface area contributed by atoms with E-state index < -0.39 is 21.6 Å². The first-order valence-corrected chi connectivity index (χ1v) is 7.36. The van der Waals surface area contributed by atoms with E-state index in [2.05, 4.69) is 5.32 Å². The normalized spacial score (nSPS) is 13.9. The zero-order chi connectivity index (χ0) is 15.9. The smallest absolute Gasteiger partial charge is 0.272 e. The lowest BCUT2D eigenvalue weighted by atomic mass is 10.0. The van der Waals surface area contributed by atoms with Crippen LogP contribution in [0, 0.1) is 0 Å². The van der Waals surface area contributed by atoms with Crippen molar-refractivity contribution in [2.45, 2.75) is 22.7 Å². The number of aliphatic hydroxyl groups is 1. The van der Waals surface area contributed by atoms with Crippen LogP contribution in [0.3, 0.4) is 0 Å². The summed E-state index contributed by atoms with van der Waals surface area (Å²) in [6.45, 7) is -0.191. The van der Waals surface area contributed by atoms with Crippen molar-refractivity contribution in [3.8, 4) is 0 Å². The van der Waals surface area contributed by atoms with Crippen LogP contribution in [0.25, 0.3) is 0 Å². The first kappa shape index (κ1) is 18.2. The molecule has 0 spiro atoms. The molecule has 7 heteroatoms. The van der Waals surface area contributed by atoms with E-state index in [0.717, 1.165) is 5.56 Å². The summed E-state index contributed by atoms with van der Waals surface area (Å²) in [5.41, 5.74) is 0.819. The maximum absolute atomic E-state index is 14.1. The first-order valence-electron chi connectivity index (χ1n) is 6.22. The van der Waals surface area contributed by atoms with Gasteiger partial charge < -0.3 is 10.4 Å². The molecule has 0 bridgehead atoms. The molecule has 116 valence electrons. The van der Waals surface area contributed by atoms with Gasteiger partial charge in [0, 0.05) is 6.61 Å². The quantitative estimate of drug-likeness (QED) is 0.770. The van der Waals surface area contributed by atoms with Gasteiger partial charge in [-0.05, 0) is 24.5 Å². The number of hydrogen-bond acceptors (Lipinski definition) is 2. The molecule has 0 saturated heterocycles. The van der Waals surface area contributed by atoms with Gasteiger partial charge in [-0.25, -0.2) is 4.39 Å². The Morgan fingerprint density at radius 2 is 1.95 bits per heavy atom. The van der Waals surface area contributed by atoms with Crippen LogP contribution in [0.5, 0.6) is 0 Å². The van der Waals surface area contributed by atoms with Gasteiger partial charge in [0.15, 0.2) is 0 Å². The third-order valence-electron chi connectivity index (χ3n) is 2.65. The van der Waals surface area contributed by atoms with E-state index in [-0.39, 0.29) is 19.4 Å². The Balaban J connectivity index is 2.87. The van der Waals surface area contributed by atoms with Gasteiger partial charge in [-0.3, -0.25) is 4.79 Å². The number of aliphatic hydroxyl groups excluding tert-OH is 1. The molecule has 0 aliphatic heterocycles. The van der Waals surface area contributed by atoms with Crippen molar-refractivity contribution in [1.82, 2.24) is 5.32 Å². The predicted octanol–water partition coefficient (Wildman–Crippen LogP) is 3.32. The Hall–Kier alpha value is -0.810. The third kappa shape index (κ3) is 6.66. The van der Waals surface area contributed by atoms with Crippen LogP contribution in [0.4, 0.5) is 4.39 Å². The average molecular weight is 355 g/mol. The van der Waals surface area contributed by atoms with Crippen molar-refractivity contribution in [1.29, 1.82) is 0 Å². The number of carbonyl (C=O) groups is 1. The van der Waals surface area contributed by atoms with Crippen molar-refractivity contribution in [3.63, 3.8) is 0 Å². The van der Waals surface area contributed by atoms with Crippen molar-refractivity contribution >= 4 is 40.7 Å². The van der Waals surface area contributed by atoms with E-state index in [1.165, 1.54) is 6.08 Å². The van der Waals surface area contributed by atoms with Gasteiger partial charge in [0.2, 0.25) is 0 Å². The predicted molar refractivity (Wildman–Crippen MR) is 83.3 cm³/mol. The number of benzene rings is 1. The largest absolute Gasteiger partial charge is 0.396 e. The van der Waals surface area contributed by atoms with Crippen LogP contribution in [-0.2, 0) is 11.2 Å². The van der Waals surface area contributed by atoms with Gasteiger partial charge in [0.25, 0.3) is 9.70 Å². The summed E-state index contributed by atoms with van der Waals surface area (Å²) in [7, 11) is 0. The van der Waals surface area contributed by atoms with E-state index in [4.69, 9.17) is 39.9 Å². The number of nitrogens with one attached hydrogen (secondary N) is 1. The molecule has 3 nitrogen and oxygen atoms in total. The van der Waals surface area contributed by atoms with Crippen molar-refractivity contribution in [2.75, 3.05) is 6.61 Å². The molecule has 0 saturated carbocycles. The number of hydrogen-bond donors (Lipinski definition) is 2. The number of amides is 1. The monoisotopic (exact) mass is 353 g/mol. The van der Waals surface area contributed by atoms with Gasteiger partial charge in [-0.15, -0.1) is 0 Å². The highest BCUT2D eigenvalue weighted by Gasteiger charge is 2.33. The molecule has 0 fully saturated rings. The second-order valence-corrected chi connectivity index (χ2v) is 6.60. The summed E-state index contributed by atoms with van der Waals surface area (Å²) in [5.74, 6) is -1.49. The lowest BCUT2D eigenvalue weighted by Gasteiger charge is -2.20. The van der Waals surface area contributed by atoms with E-state index in [1.54, 1.807) is 24.3 Å². The summed E-state index contributed by atoms with van der Waals surface area (Å²) in [6, 6.07) is 8.08. The molecule has 0 aromatic heterocycles. The molecule has 0 heterocycles. The van der Waals surface area contributed by atoms with E-state index in [1.807, 2.05) is 6.07 Å². The highest BCUT2D eigenvalue weighted by molar-refractivity contribution is 6.76. The van der Waals surface area contributed by atoms with E-state index in [9.17, 15) is 9.18 Å². The molecule has 1 unspecified atom stereocenters. The molecule has 21 heavy (non-hydrogen) atoms. The molecule has 1 aromatic carbocycles. The molecule has 2 N–H and O–H groups in total. The Morgan fingerprint density at radius 3 is 2.48 bits per heavy atom. The fourth-order valence-corrected chi connectivity index (χ4v) is 1.82. The molecule has 0 radical (unpaired) electrons. The maximum atomic E-state index is 14.1. The second-order valence-electron chi connectivity index (χ2n) is 4.31. The standard InChI is InChI=1S/C14H15Cl3FNO2/c15-14(16,17)13(21)19-12(11(18)7-4-8-20)9-10-5-2-1-3-6-10/h1-3,5-7,12,20H,4,8-9H2,(H,19,21)/b11-7-. The molecule has 1 atom stereocenters. The molecule has 0 aliphatic rings. The summed E-state index contributed by atoms with van der Waals surface area (Å²) < 4.78 is 11.9. The van der Waals surface area contributed by atoms with Crippen LogP contribution in [0.1, 0.15) is 12.0 Å². The van der Waals surface area contributed by atoms with Gasteiger partial charge in [-0.2, -0.15) is 0 Å². The molecule has 1 aromatic rings. The summed E-state index contributed by atoms with van der Waals surface area (Å²) >= 11 is 16.4. The van der Waals surface area contributed by atoms with Crippen LogP contribution in [0.2, 0.25) is 0 Å². The van der Waals surface area contributed by atoms with E-state index >= 15 is 0 Å². The highest BCUT2D eigenvalue weighted by atomic mass is 35.6. The lowest BCUT2D eigenvalue weighted by molar-refractivity contribution is -0.120. The van der Waals surface area contributed by atoms with Crippen LogP contribution in [-0.4, -0.2) is 27.5 Å². The Kier molecular flexibility index (Phi) is 7.46. The lowest BCUT2D eigenvalue weighted by Crippen LogP contribution is -2.43. The average Bonchev–Trinajstić information content (AvgIpc) is 2.44. The second kappa shape index (κ2) is 8.59. The zero-order valence-electron chi connectivity index (χ0n) is 11.0. The van der Waals surface area contributed by atoms with Gasteiger partial charge in [0.1, 0.15) is 5.83 Å². The molecule has 1 rings (SSSR count). The summed E-state index contributed by atoms with van der Waals surface area (Å²) in [5, 5.41) is 11.1. The Bertz CT molecular complexity index is 489. The fraction of sp³-hybridized carbons (Fsp3) is 0.357. The Morgan fingerprint density at radius 1 is 1.33 bits per heavy atom. The van der Waals surface area contributed by atoms with Gasteiger partial charge >= 0.3 is 0 Å². The van der Waals surface area contributed by atoms with Crippen molar-refractivity contribution in [3.05, 3.63) is 47.8 Å². The van der Waals surface area contributed by atoms with Gasteiger partial charge in [0.05, 0.1) is 6.04 Å². The third-order valence-corrected chi connectivity index (χ3v) is 3.16. The topological polar surface area (TPSA) is 49.3 Å². The molecule has 1 amide bonds. The van der Waals surface area contributed by atoms with Crippen molar-refractivity contribution < 1.29 is 14.3 Å². The van der Waals surface area contributed by atoms with Crippen LogP contribution < -0.4 is 5.32 Å². The fourth-order valence-electron chi connectivity index (χ4n) is 1.65. The zero-order valence-corrected chi connectivity index (χ0v) is 13.3. The number of halogens is 4. The van der Waals surface area contributed by atoms with Gasteiger partial charge in [-0.1, -0.05) is 65.1 Å². The molecular weight excluding hydrogens is 340 g/mol. The number of carbonyl (C=O) groups excluding carboxylic acids is 1. The number of alkyl halides is 3. The Labute approximate surface area is 137 Å². The molecule has 0 aliphatic carbocycles. The maximum Gasteiger partial charge on any atom is 0.272 e. The molecular formula is C14H15Cl3FNO2. The summed E-state index contributed by atoms with van der Waals surface area (Å²) in [6.07, 6.45) is 1.55. The SMILES string of the molecule is O=C(NC(Cc1ccccc1)/C(F)=C/CCO)C(Cl)(Cl)Cl. The minimum Gasteiger partial charge on any atom is -0.396 e. The van der Waals surface area contributed by atoms with E-state index in [0.29, 0.717) is 0 Å². The van der Waals surface area contributed by atoms with Crippen LogP contribution in [0.15, 0.2) is 42.2 Å². The first-order chi connectivity index (χ1) is 9.84. The number of rotatable bonds is 6.